The summed E-state index contributed by atoms with van der Waals surface area (Å²) in [6.07, 6.45) is -2.66. The lowest BCUT2D eigenvalue weighted by Crippen LogP contribution is -2.65. The van der Waals surface area contributed by atoms with E-state index in [2.05, 4.69) is 90.4 Å². The van der Waals surface area contributed by atoms with Crippen LogP contribution in [0, 0.1) is 0 Å². The summed E-state index contributed by atoms with van der Waals surface area (Å²) in [4.78, 5) is 3.80. The molecule has 58 heavy (non-hydrogen) atoms. The molecule has 0 aromatic rings. The number of aliphatic hydroxyl groups excluding tert-OH is 5. The molecule has 5 N–H and O–H groups in total. The molecule has 0 amide bonds. The molecule has 0 unspecified atom stereocenters. The minimum atomic E-state index is -1.16. The van der Waals surface area contributed by atoms with E-state index >= 15 is 0 Å². The first kappa shape index (κ1) is 45.8. The lowest BCUT2D eigenvalue weighted by atomic mass is 9.87. The van der Waals surface area contributed by atoms with Gasteiger partial charge in [0.05, 0.1) is 30.3 Å². The SMILES string of the molecule is CC1(C)O[C@H]2[C@H](O)[C@@H](N(CC(O)CN([C@H]3C=C(I)[C@H]4OC(C)(C)O[C@H]4[C@@H]3O)[C@H]3C=C(I)[C@H]4OC(C)(C)O[C@H]4[C@@H]3O)[C@H]3C=C(I)[C@H]4OC(C)(C)O[C@H]4[C@@H]3O)C=C(I)[C@H]2O1. The lowest BCUT2D eigenvalue weighted by molar-refractivity contribution is -0.165. The van der Waals surface area contributed by atoms with E-state index in [0.717, 1.165) is 14.3 Å². The molecule has 4 saturated heterocycles. The van der Waals surface area contributed by atoms with Gasteiger partial charge in [-0.1, -0.05) is 24.3 Å². The molecule has 19 heteroatoms. The fourth-order valence-electron chi connectivity index (χ4n) is 9.81. The Morgan fingerprint density at radius 3 is 0.862 bits per heavy atom. The first-order valence-corrected chi connectivity index (χ1v) is 24.0. The Morgan fingerprint density at radius 1 is 0.448 bits per heavy atom. The fourth-order valence-corrected chi connectivity index (χ4v) is 13.2. The Balaban J connectivity index is 1.15. The number of fused-ring (bicyclic) bond motifs is 4. The second kappa shape index (κ2) is 16.3. The van der Waals surface area contributed by atoms with Crippen LogP contribution in [0.5, 0.6) is 0 Å². The lowest BCUT2D eigenvalue weighted by Gasteiger charge is -2.48. The van der Waals surface area contributed by atoms with Crippen LogP contribution in [0.15, 0.2) is 38.6 Å². The van der Waals surface area contributed by atoms with Crippen molar-refractivity contribution in [2.45, 2.75) is 182 Å². The molecule has 16 atom stereocenters. The quantitative estimate of drug-likeness (QED) is 0.224. The van der Waals surface area contributed by atoms with Gasteiger partial charge < -0.3 is 63.4 Å². The Hall–Kier alpha value is 1.28. The standard InChI is InChI=1S/C39H54I4N2O13/c1-36(2)51-28-16(40)9-20(24(47)32(28)55-36)44(21-10-17(41)29-33(25(21)48)56-37(3,4)52-29)13-15(46)14-45(22-11-18(42)30-34(26(22)49)57-38(5,6)53-30)23-12-19(43)31-35(27(23)50)58-39(7,8)54-31/h9-12,15,20-35,46-50H,13-14H2,1-8H3/t20-,21-,22-,23-,24+,25+,26+,27+,28+,29+,30+,31+,32-,33-,34-,35-/m0/s1. The average molecular weight is 1270 g/mol. The van der Waals surface area contributed by atoms with E-state index in [0.29, 0.717) is 0 Å². The number of aliphatic hydroxyl groups is 5. The number of halogens is 4. The second-order valence-electron chi connectivity index (χ2n) is 18.3. The molecule has 8 rings (SSSR count). The van der Waals surface area contributed by atoms with Crippen LogP contribution in [0.3, 0.4) is 0 Å². The average Bonchev–Trinajstić information content (AvgIpc) is 3.85. The zero-order valence-electron chi connectivity index (χ0n) is 33.4. The second-order valence-corrected chi connectivity index (χ2v) is 23.2. The molecule has 4 aliphatic carbocycles. The number of rotatable bonds is 8. The third-order valence-electron chi connectivity index (χ3n) is 12.0. The molecule has 0 saturated carbocycles. The van der Waals surface area contributed by atoms with Crippen LogP contribution in [-0.2, 0) is 37.9 Å². The highest BCUT2D eigenvalue weighted by molar-refractivity contribution is 14.1. The van der Waals surface area contributed by atoms with Crippen LogP contribution in [0.25, 0.3) is 0 Å². The predicted molar refractivity (Wildman–Crippen MR) is 242 cm³/mol. The molecule has 0 spiro atoms. The van der Waals surface area contributed by atoms with Crippen molar-refractivity contribution < 1.29 is 63.4 Å². The number of hydrogen-bond donors (Lipinski definition) is 5. The summed E-state index contributed by atoms with van der Waals surface area (Å²) in [5.74, 6) is -3.74. The summed E-state index contributed by atoms with van der Waals surface area (Å²) >= 11 is 8.87. The minimum absolute atomic E-state index is 0.0469. The topological polar surface area (TPSA) is 181 Å². The summed E-state index contributed by atoms with van der Waals surface area (Å²) < 4.78 is 53.1. The Bertz CT molecular complexity index is 1510. The highest BCUT2D eigenvalue weighted by Crippen LogP contribution is 2.47. The summed E-state index contributed by atoms with van der Waals surface area (Å²) in [5.41, 5.74) is 0. The van der Waals surface area contributed by atoms with E-state index in [9.17, 15) is 25.5 Å². The molecule has 4 aliphatic heterocycles. The molecular weight excluding hydrogens is 1210 g/mol. The van der Waals surface area contributed by atoms with E-state index in [4.69, 9.17) is 37.9 Å². The minimum Gasteiger partial charge on any atom is -0.390 e. The largest absolute Gasteiger partial charge is 0.390 e. The molecule has 4 heterocycles. The Morgan fingerprint density at radius 2 is 0.655 bits per heavy atom. The molecule has 0 radical (unpaired) electrons. The Kier molecular flexibility index (Phi) is 12.9. The van der Waals surface area contributed by atoms with Crippen molar-refractivity contribution in [3.63, 3.8) is 0 Å². The maximum atomic E-state index is 12.5. The van der Waals surface area contributed by atoms with Gasteiger partial charge in [-0.2, -0.15) is 0 Å². The van der Waals surface area contributed by atoms with E-state index in [1.165, 1.54) is 0 Å². The maximum absolute atomic E-state index is 12.5. The van der Waals surface area contributed by atoms with Gasteiger partial charge in [-0.3, -0.25) is 9.80 Å². The molecule has 0 bridgehead atoms. The number of nitrogens with zero attached hydrogens (tertiary/aromatic N) is 2. The van der Waals surface area contributed by atoms with Gasteiger partial charge >= 0.3 is 0 Å². The summed E-state index contributed by atoms with van der Waals surface area (Å²) in [5, 5.41) is 61.0. The Labute approximate surface area is 393 Å². The number of hydrogen-bond acceptors (Lipinski definition) is 15. The number of ether oxygens (including phenoxy) is 8. The highest BCUT2D eigenvalue weighted by atomic mass is 127. The van der Waals surface area contributed by atoms with Crippen molar-refractivity contribution in [2.75, 3.05) is 13.1 Å². The maximum Gasteiger partial charge on any atom is 0.164 e. The van der Waals surface area contributed by atoms with Crippen LogP contribution in [-0.4, -0.2) is 175 Å². The van der Waals surface area contributed by atoms with Crippen LogP contribution in [0.4, 0.5) is 0 Å². The zero-order chi connectivity index (χ0) is 42.2. The van der Waals surface area contributed by atoms with Gasteiger partial charge in [0.1, 0.15) is 73.2 Å². The van der Waals surface area contributed by atoms with Gasteiger partial charge in [-0.25, -0.2) is 0 Å². The van der Waals surface area contributed by atoms with Crippen LogP contribution in [0.2, 0.25) is 0 Å². The van der Waals surface area contributed by atoms with Crippen molar-refractivity contribution in [1.82, 2.24) is 9.80 Å². The van der Waals surface area contributed by atoms with Gasteiger partial charge in [-0.15, -0.1) is 0 Å². The van der Waals surface area contributed by atoms with E-state index in [1.54, 1.807) is 0 Å². The third kappa shape index (κ3) is 8.60. The molecule has 326 valence electrons. The van der Waals surface area contributed by atoms with Crippen molar-refractivity contribution in [3.8, 4) is 0 Å². The van der Waals surface area contributed by atoms with Crippen LogP contribution >= 0.6 is 90.4 Å². The van der Waals surface area contributed by atoms with Crippen LogP contribution in [0.1, 0.15) is 55.4 Å². The first-order chi connectivity index (χ1) is 26.9. The normalized spacial score (nSPS) is 46.0. The van der Waals surface area contributed by atoms with Gasteiger partial charge in [-0.05, 0) is 146 Å². The monoisotopic (exact) mass is 1270 g/mol. The van der Waals surface area contributed by atoms with E-state index in [1.807, 2.05) is 89.5 Å². The van der Waals surface area contributed by atoms with Gasteiger partial charge in [0.2, 0.25) is 0 Å². The molecule has 0 aromatic carbocycles. The molecule has 0 aromatic heterocycles. The molecule has 15 nitrogen and oxygen atoms in total. The molecular formula is C39H54I4N2O13. The van der Waals surface area contributed by atoms with Crippen molar-refractivity contribution in [2.24, 2.45) is 0 Å². The fraction of sp³-hybridized carbons (Fsp3) is 0.795. The van der Waals surface area contributed by atoms with Crippen molar-refractivity contribution >= 4 is 90.4 Å². The summed E-state index contributed by atoms with van der Waals surface area (Å²) in [6, 6.07) is -2.94. The van der Waals surface area contributed by atoms with Crippen molar-refractivity contribution in [1.29, 1.82) is 0 Å². The van der Waals surface area contributed by atoms with Gasteiger partial charge in [0, 0.05) is 27.4 Å². The third-order valence-corrected chi connectivity index (χ3v) is 15.9. The smallest absolute Gasteiger partial charge is 0.164 e. The summed E-state index contributed by atoms with van der Waals surface area (Å²) in [7, 11) is 0. The predicted octanol–water partition coefficient (Wildman–Crippen LogP) is 3.28. The summed E-state index contributed by atoms with van der Waals surface area (Å²) in [6.45, 7) is 14.4. The van der Waals surface area contributed by atoms with Crippen molar-refractivity contribution in [3.05, 3.63) is 38.6 Å². The van der Waals surface area contributed by atoms with E-state index < -0.39 is 127 Å². The molecule has 8 aliphatic rings. The molecule has 4 fully saturated rings. The first-order valence-electron chi connectivity index (χ1n) is 19.7. The zero-order valence-corrected chi connectivity index (χ0v) is 42.1. The van der Waals surface area contributed by atoms with E-state index in [-0.39, 0.29) is 13.1 Å². The van der Waals surface area contributed by atoms with Gasteiger partial charge in [0.25, 0.3) is 0 Å². The highest BCUT2D eigenvalue weighted by Gasteiger charge is 2.58. The van der Waals surface area contributed by atoms with Gasteiger partial charge in [0.15, 0.2) is 23.1 Å². The van der Waals surface area contributed by atoms with Crippen LogP contribution < -0.4 is 0 Å².